The summed E-state index contributed by atoms with van der Waals surface area (Å²) in [6, 6.07) is 0. The minimum Gasteiger partial charge on any atom is -0.300 e. The summed E-state index contributed by atoms with van der Waals surface area (Å²) in [7, 11) is -4.27. The third kappa shape index (κ3) is 5.54. The van der Waals surface area contributed by atoms with Crippen molar-refractivity contribution in [2.45, 2.75) is 13.8 Å². The van der Waals surface area contributed by atoms with E-state index in [1.54, 1.807) is 0 Å². The van der Waals surface area contributed by atoms with Gasteiger partial charge in [0.05, 0.1) is 6.61 Å². The van der Waals surface area contributed by atoms with Crippen LogP contribution in [0.25, 0.3) is 0 Å². The van der Waals surface area contributed by atoms with Crippen LogP contribution in [0.5, 0.6) is 0 Å². The Bertz CT molecular complexity index is 248. The lowest BCUT2D eigenvalue weighted by molar-refractivity contribution is -0.218. The zero-order valence-corrected chi connectivity index (χ0v) is 8.24. The molecule has 0 aromatic carbocycles. The zero-order valence-electron chi connectivity index (χ0n) is 7.35. The lowest BCUT2D eigenvalue weighted by Gasteiger charge is -2.08. The van der Waals surface area contributed by atoms with Crippen molar-refractivity contribution in [1.82, 2.24) is 0 Å². The number of phosphoric ester groups is 1. The molecule has 0 saturated heterocycles. The number of hydrogen-bond donors (Lipinski definition) is 1. The van der Waals surface area contributed by atoms with Crippen LogP contribution in [0.4, 0.5) is 0 Å². The quantitative estimate of drug-likeness (QED) is 0.317. The largest absolute Gasteiger partial charge is 0.508 e. The second kappa shape index (κ2) is 5.14. The first kappa shape index (κ1) is 12.3. The monoisotopic (exact) mass is 210 g/mol. The molecule has 0 radical (unpaired) electrons. The molecular formula is C6H11O6P. The zero-order chi connectivity index (χ0) is 10.5. The van der Waals surface area contributed by atoms with Gasteiger partial charge in [0.25, 0.3) is 0 Å². The van der Waals surface area contributed by atoms with Gasteiger partial charge in [0.15, 0.2) is 0 Å². The third-order valence-electron chi connectivity index (χ3n) is 0.848. The van der Waals surface area contributed by atoms with Gasteiger partial charge in [0.2, 0.25) is 0 Å². The van der Waals surface area contributed by atoms with E-state index >= 15 is 0 Å². The summed E-state index contributed by atoms with van der Waals surface area (Å²) in [4.78, 5) is 23.4. The minimum atomic E-state index is -4.27. The Labute approximate surface area is 75.6 Å². The van der Waals surface area contributed by atoms with Crippen molar-refractivity contribution in [3.05, 3.63) is 12.2 Å². The van der Waals surface area contributed by atoms with Gasteiger partial charge in [-0.15, -0.1) is 0 Å². The summed E-state index contributed by atoms with van der Waals surface area (Å²) < 4.78 is 18.9. The van der Waals surface area contributed by atoms with Crippen molar-refractivity contribution in [1.29, 1.82) is 0 Å². The number of rotatable bonds is 5. The van der Waals surface area contributed by atoms with Gasteiger partial charge < -0.3 is 4.89 Å². The second-order valence-corrected chi connectivity index (χ2v) is 3.46. The molecular weight excluding hydrogens is 199 g/mol. The van der Waals surface area contributed by atoms with E-state index in [4.69, 9.17) is 4.89 Å². The smallest absolute Gasteiger partial charge is 0.300 e. The first-order valence-electron chi connectivity index (χ1n) is 3.42. The van der Waals surface area contributed by atoms with Gasteiger partial charge in [-0.1, -0.05) is 11.3 Å². The van der Waals surface area contributed by atoms with Gasteiger partial charge in [-0.05, 0) is 13.8 Å². The van der Waals surface area contributed by atoms with E-state index in [1.165, 1.54) is 13.8 Å². The van der Waals surface area contributed by atoms with Crippen molar-refractivity contribution >= 4 is 13.8 Å². The summed E-state index contributed by atoms with van der Waals surface area (Å²) in [5, 5.41) is 0. The molecule has 13 heavy (non-hydrogen) atoms. The van der Waals surface area contributed by atoms with Crippen molar-refractivity contribution in [2.75, 3.05) is 6.61 Å². The van der Waals surface area contributed by atoms with Gasteiger partial charge in [-0.2, -0.15) is 0 Å². The normalized spacial score (nSPS) is 14.7. The lowest BCUT2D eigenvalue weighted by Crippen LogP contribution is -2.05. The van der Waals surface area contributed by atoms with E-state index in [0.717, 1.165) is 0 Å². The van der Waals surface area contributed by atoms with E-state index in [9.17, 15) is 9.36 Å². The molecule has 0 rings (SSSR count). The average molecular weight is 210 g/mol. The molecule has 0 aromatic rings. The van der Waals surface area contributed by atoms with E-state index in [0.29, 0.717) is 0 Å². The highest BCUT2D eigenvalue weighted by Crippen LogP contribution is 2.43. The molecule has 0 amide bonds. The van der Waals surface area contributed by atoms with Crippen LogP contribution in [0.1, 0.15) is 13.8 Å². The van der Waals surface area contributed by atoms with E-state index < -0.39 is 13.8 Å². The molecule has 0 fully saturated rings. The van der Waals surface area contributed by atoms with E-state index in [2.05, 4.69) is 20.7 Å². The van der Waals surface area contributed by atoms with Gasteiger partial charge in [0.1, 0.15) is 0 Å². The van der Waals surface area contributed by atoms with Crippen LogP contribution in [0.3, 0.4) is 0 Å². The molecule has 0 heterocycles. The third-order valence-corrected chi connectivity index (χ3v) is 1.70. The molecule has 0 aliphatic carbocycles. The van der Waals surface area contributed by atoms with E-state index in [-0.39, 0.29) is 12.2 Å². The summed E-state index contributed by atoms with van der Waals surface area (Å²) >= 11 is 0. The SMILES string of the molecule is C=C(C)C(=O)OOP(=O)(O)OCC. The Morgan fingerprint density at radius 1 is 1.62 bits per heavy atom. The Balaban J connectivity index is 3.95. The Morgan fingerprint density at radius 3 is 2.54 bits per heavy atom. The molecule has 1 N–H and O–H groups in total. The number of hydrogen-bond acceptors (Lipinski definition) is 5. The molecule has 1 atom stereocenters. The molecule has 6 nitrogen and oxygen atoms in total. The highest BCUT2D eigenvalue weighted by molar-refractivity contribution is 7.47. The first-order chi connectivity index (χ1) is 5.89. The lowest BCUT2D eigenvalue weighted by atomic mass is 10.4. The fourth-order valence-corrected chi connectivity index (χ4v) is 0.868. The van der Waals surface area contributed by atoms with Crippen molar-refractivity contribution in [2.24, 2.45) is 0 Å². The summed E-state index contributed by atoms with van der Waals surface area (Å²) in [5.41, 5.74) is 0.0523. The summed E-state index contributed by atoms with van der Waals surface area (Å²) in [6.07, 6.45) is 0. The topological polar surface area (TPSA) is 82.1 Å². The number of phosphoric acid groups is 1. The predicted molar refractivity (Wildman–Crippen MR) is 43.4 cm³/mol. The average Bonchev–Trinajstić information content (AvgIpc) is 2.00. The highest BCUT2D eigenvalue weighted by Gasteiger charge is 2.24. The minimum absolute atomic E-state index is 0.0294. The van der Waals surface area contributed by atoms with Crippen molar-refractivity contribution in [3.63, 3.8) is 0 Å². The van der Waals surface area contributed by atoms with Crippen LogP contribution in [-0.2, 0) is 23.4 Å². The number of carbonyl (C=O) groups excluding carboxylic acids is 1. The molecule has 76 valence electrons. The Morgan fingerprint density at radius 2 is 2.15 bits per heavy atom. The maximum absolute atomic E-state index is 10.7. The second-order valence-electron chi connectivity index (χ2n) is 2.11. The van der Waals surface area contributed by atoms with E-state index in [1.807, 2.05) is 0 Å². The van der Waals surface area contributed by atoms with Gasteiger partial charge >= 0.3 is 13.8 Å². The number of carbonyl (C=O) groups is 1. The van der Waals surface area contributed by atoms with Crippen molar-refractivity contribution in [3.8, 4) is 0 Å². The highest BCUT2D eigenvalue weighted by atomic mass is 31.2. The fourth-order valence-electron chi connectivity index (χ4n) is 0.337. The molecule has 0 spiro atoms. The van der Waals surface area contributed by atoms with Gasteiger partial charge in [-0.25, -0.2) is 9.36 Å². The molecule has 0 aromatic heterocycles. The maximum atomic E-state index is 10.7. The first-order valence-corrected chi connectivity index (χ1v) is 4.92. The standard InChI is InChI=1S/C6H11O6P/c1-4-10-13(8,9)12-11-6(7)5(2)3/h2,4H2,1,3H3,(H,8,9). The molecule has 7 heteroatoms. The molecule has 1 unspecified atom stereocenters. The van der Waals surface area contributed by atoms with Crippen LogP contribution >= 0.6 is 7.82 Å². The van der Waals surface area contributed by atoms with Crippen LogP contribution in [-0.4, -0.2) is 17.5 Å². The molecule has 0 aliphatic heterocycles. The molecule has 0 saturated carbocycles. The summed E-state index contributed by atoms with van der Waals surface area (Å²) in [5.74, 6) is -0.922. The molecule has 0 aliphatic rings. The summed E-state index contributed by atoms with van der Waals surface area (Å²) in [6.45, 7) is 6.07. The van der Waals surface area contributed by atoms with Gasteiger partial charge in [0, 0.05) is 5.57 Å². The van der Waals surface area contributed by atoms with Gasteiger partial charge in [-0.3, -0.25) is 9.41 Å². The Kier molecular flexibility index (Phi) is 4.87. The van der Waals surface area contributed by atoms with Crippen molar-refractivity contribution < 1.29 is 28.3 Å². The van der Waals surface area contributed by atoms with Crippen LogP contribution in [0.2, 0.25) is 0 Å². The van der Waals surface area contributed by atoms with Crippen LogP contribution in [0, 0.1) is 0 Å². The van der Waals surface area contributed by atoms with Crippen LogP contribution < -0.4 is 0 Å². The maximum Gasteiger partial charge on any atom is 0.508 e. The Hall–Kier alpha value is -0.680. The predicted octanol–water partition coefficient (Wildman–Crippen LogP) is 1.17. The fraction of sp³-hybridized carbons (Fsp3) is 0.500. The van der Waals surface area contributed by atoms with Crippen LogP contribution in [0.15, 0.2) is 12.2 Å². The molecule has 0 bridgehead atoms.